The molecular weight excluding hydrogens is 316 g/mol. The summed E-state index contributed by atoms with van der Waals surface area (Å²) < 4.78 is 11.3. The van der Waals surface area contributed by atoms with Crippen molar-refractivity contribution in [2.75, 3.05) is 40.4 Å². The van der Waals surface area contributed by atoms with Crippen molar-refractivity contribution in [3.05, 3.63) is 12.7 Å². The number of unbranched alkanes of at least 4 members (excludes halogenated alkanes) is 1. The fraction of sp³-hybridized carbons (Fsp3) is 0.850. The molecule has 146 valence electrons. The van der Waals surface area contributed by atoms with Gasteiger partial charge < -0.3 is 19.3 Å². The smallest absolute Gasteiger partial charge is 0.409 e. The average Bonchev–Trinajstić information content (AvgIpc) is 2.59. The van der Waals surface area contributed by atoms with Crippen LogP contribution in [-0.2, 0) is 9.47 Å². The van der Waals surface area contributed by atoms with Gasteiger partial charge in [-0.15, -0.1) is 6.58 Å². The van der Waals surface area contributed by atoms with Crippen LogP contribution in [0.2, 0.25) is 0 Å². The lowest BCUT2D eigenvalue weighted by molar-refractivity contribution is 0.00653. The van der Waals surface area contributed by atoms with Crippen LogP contribution in [0.5, 0.6) is 0 Å². The highest BCUT2D eigenvalue weighted by atomic mass is 16.6. The van der Waals surface area contributed by atoms with Gasteiger partial charge in [0.1, 0.15) is 0 Å². The van der Waals surface area contributed by atoms with E-state index in [0.29, 0.717) is 18.6 Å². The first-order chi connectivity index (χ1) is 11.9. The number of rotatable bonds is 11. The second kappa shape index (κ2) is 12.3. The lowest BCUT2D eigenvalue weighted by Crippen LogP contribution is -2.41. The third-order valence-electron chi connectivity index (χ3n) is 4.75. The fourth-order valence-electron chi connectivity index (χ4n) is 3.13. The molecule has 0 heterocycles. The highest BCUT2D eigenvalue weighted by molar-refractivity contribution is 5.67. The minimum atomic E-state index is -0.193. The maximum Gasteiger partial charge on any atom is 0.409 e. The van der Waals surface area contributed by atoms with Gasteiger partial charge in [-0.05, 0) is 58.0 Å². The summed E-state index contributed by atoms with van der Waals surface area (Å²) in [5.74, 6) is 0.373. The van der Waals surface area contributed by atoms with E-state index in [1.807, 2.05) is 27.0 Å². The van der Waals surface area contributed by atoms with E-state index in [4.69, 9.17) is 9.47 Å². The van der Waals surface area contributed by atoms with Gasteiger partial charge in [0, 0.05) is 26.2 Å². The molecule has 0 aromatic carbocycles. The van der Waals surface area contributed by atoms with Crippen LogP contribution in [0.25, 0.3) is 0 Å². The quantitative estimate of drug-likeness (QED) is 0.416. The Balaban J connectivity index is 2.12. The molecular formula is C20H38N2O3. The van der Waals surface area contributed by atoms with Gasteiger partial charge in [-0.2, -0.15) is 0 Å². The zero-order valence-electron chi connectivity index (χ0n) is 16.7. The molecule has 5 nitrogen and oxygen atoms in total. The van der Waals surface area contributed by atoms with Crippen molar-refractivity contribution in [1.29, 1.82) is 0 Å². The molecule has 1 amide bonds. The molecule has 1 aliphatic rings. The minimum absolute atomic E-state index is 0.193. The van der Waals surface area contributed by atoms with Gasteiger partial charge in [0.05, 0.1) is 12.7 Å². The molecule has 0 N–H and O–H groups in total. The van der Waals surface area contributed by atoms with Gasteiger partial charge in [-0.25, -0.2) is 4.79 Å². The Labute approximate surface area is 154 Å². The zero-order valence-corrected chi connectivity index (χ0v) is 16.7. The molecule has 0 aromatic heterocycles. The Morgan fingerprint density at radius 2 is 1.88 bits per heavy atom. The summed E-state index contributed by atoms with van der Waals surface area (Å²) >= 11 is 0. The highest BCUT2D eigenvalue weighted by Gasteiger charge is 2.27. The molecule has 1 aliphatic carbocycles. The van der Waals surface area contributed by atoms with Gasteiger partial charge in [0.2, 0.25) is 0 Å². The maximum atomic E-state index is 12.0. The maximum absolute atomic E-state index is 12.0. The molecule has 1 rings (SSSR count). The minimum Gasteiger partial charge on any atom is -0.449 e. The van der Waals surface area contributed by atoms with E-state index in [2.05, 4.69) is 18.5 Å². The molecule has 1 saturated carbocycles. The first-order valence-corrected chi connectivity index (χ1v) is 9.74. The van der Waals surface area contributed by atoms with E-state index in [1.54, 1.807) is 4.90 Å². The zero-order chi connectivity index (χ0) is 18.7. The number of amides is 1. The number of hydrogen-bond acceptors (Lipinski definition) is 4. The Kier molecular flexibility index (Phi) is 10.8. The summed E-state index contributed by atoms with van der Waals surface area (Å²) in [4.78, 5) is 16.1. The van der Waals surface area contributed by atoms with E-state index >= 15 is 0 Å². The van der Waals surface area contributed by atoms with Crippen molar-refractivity contribution in [2.45, 2.75) is 64.5 Å². The molecule has 0 saturated heterocycles. The Hall–Kier alpha value is -1.07. The summed E-state index contributed by atoms with van der Waals surface area (Å²) in [6.45, 7) is 11.2. The van der Waals surface area contributed by atoms with E-state index in [1.165, 1.54) is 0 Å². The fourth-order valence-corrected chi connectivity index (χ4v) is 3.13. The predicted octanol–water partition coefficient (Wildman–Crippen LogP) is 3.94. The van der Waals surface area contributed by atoms with Gasteiger partial charge in [0.15, 0.2) is 0 Å². The third kappa shape index (κ3) is 9.26. The molecule has 25 heavy (non-hydrogen) atoms. The number of likely N-dealkylation sites (N-methyl/N-ethyl adjacent to an activating group) is 1. The SMILES string of the molecule is C=CCN(C)CCCCO[C@H]1CC[C@H](N(C)C(=O)OCC(C)C)CC1. The lowest BCUT2D eigenvalue weighted by atomic mass is 9.92. The highest BCUT2D eigenvalue weighted by Crippen LogP contribution is 2.25. The second-order valence-electron chi connectivity index (χ2n) is 7.64. The van der Waals surface area contributed by atoms with Gasteiger partial charge in [0.25, 0.3) is 0 Å². The van der Waals surface area contributed by atoms with Crippen LogP contribution in [0.3, 0.4) is 0 Å². The van der Waals surface area contributed by atoms with Crippen LogP contribution >= 0.6 is 0 Å². The first-order valence-electron chi connectivity index (χ1n) is 9.74. The van der Waals surface area contributed by atoms with Crippen LogP contribution in [-0.4, -0.2) is 68.4 Å². The summed E-state index contributed by atoms with van der Waals surface area (Å²) in [5, 5.41) is 0. The van der Waals surface area contributed by atoms with Gasteiger partial charge in [-0.3, -0.25) is 0 Å². The molecule has 0 radical (unpaired) electrons. The van der Waals surface area contributed by atoms with E-state index < -0.39 is 0 Å². The molecule has 1 fully saturated rings. The van der Waals surface area contributed by atoms with Crippen molar-refractivity contribution < 1.29 is 14.3 Å². The van der Waals surface area contributed by atoms with Gasteiger partial charge >= 0.3 is 6.09 Å². The number of carbonyl (C=O) groups excluding carboxylic acids is 1. The number of carbonyl (C=O) groups is 1. The summed E-state index contributed by atoms with van der Waals surface area (Å²) in [6.07, 6.45) is 8.41. The number of ether oxygens (including phenoxy) is 2. The van der Waals surface area contributed by atoms with Crippen LogP contribution < -0.4 is 0 Å². The third-order valence-corrected chi connectivity index (χ3v) is 4.75. The average molecular weight is 355 g/mol. The topological polar surface area (TPSA) is 42.0 Å². The van der Waals surface area contributed by atoms with Crippen LogP contribution in [0.15, 0.2) is 12.7 Å². The molecule has 0 spiro atoms. The van der Waals surface area contributed by atoms with E-state index in [9.17, 15) is 4.79 Å². The van der Waals surface area contributed by atoms with E-state index in [-0.39, 0.29) is 12.1 Å². The van der Waals surface area contributed by atoms with Crippen LogP contribution in [0, 0.1) is 5.92 Å². The normalized spacial score (nSPS) is 20.7. The Morgan fingerprint density at radius 3 is 2.48 bits per heavy atom. The largest absolute Gasteiger partial charge is 0.449 e. The molecule has 0 unspecified atom stereocenters. The molecule has 0 aromatic rings. The standard InChI is InChI=1S/C20H38N2O3/c1-6-13-21(4)14-7-8-15-24-19-11-9-18(10-12-19)22(5)20(23)25-16-17(2)3/h6,17-19H,1,7-16H2,2-5H3/t18-,19-. The molecule has 5 heteroatoms. The van der Waals surface area contributed by atoms with Crippen LogP contribution in [0.4, 0.5) is 4.79 Å². The molecule has 0 aliphatic heterocycles. The van der Waals surface area contributed by atoms with Crippen molar-refractivity contribution in [3.63, 3.8) is 0 Å². The molecule has 0 atom stereocenters. The summed E-state index contributed by atoms with van der Waals surface area (Å²) in [7, 11) is 3.97. The van der Waals surface area contributed by atoms with Crippen molar-refractivity contribution >= 4 is 6.09 Å². The monoisotopic (exact) mass is 354 g/mol. The second-order valence-corrected chi connectivity index (χ2v) is 7.64. The lowest BCUT2D eigenvalue weighted by Gasteiger charge is -2.34. The van der Waals surface area contributed by atoms with Crippen molar-refractivity contribution in [3.8, 4) is 0 Å². The van der Waals surface area contributed by atoms with Crippen molar-refractivity contribution in [1.82, 2.24) is 9.80 Å². The summed E-state index contributed by atoms with van der Waals surface area (Å²) in [5.41, 5.74) is 0. The molecule has 0 bridgehead atoms. The van der Waals surface area contributed by atoms with Crippen molar-refractivity contribution in [2.24, 2.45) is 5.92 Å². The summed E-state index contributed by atoms with van der Waals surface area (Å²) in [6, 6.07) is 0.284. The van der Waals surface area contributed by atoms with E-state index in [0.717, 1.165) is 58.2 Å². The predicted molar refractivity (Wildman–Crippen MR) is 103 cm³/mol. The number of hydrogen-bond donors (Lipinski definition) is 0. The Morgan fingerprint density at radius 1 is 1.20 bits per heavy atom. The first kappa shape index (κ1) is 22.0. The van der Waals surface area contributed by atoms with Crippen LogP contribution in [0.1, 0.15) is 52.4 Å². The Bertz CT molecular complexity index is 379. The van der Waals surface area contributed by atoms with Gasteiger partial charge in [-0.1, -0.05) is 19.9 Å². The number of nitrogens with zero attached hydrogens (tertiary/aromatic N) is 2.